The Labute approximate surface area is 180 Å². The summed E-state index contributed by atoms with van der Waals surface area (Å²) in [7, 11) is -0.558. The van der Waals surface area contributed by atoms with E-state index in [1.165, 1.54) is 38.0 Å². The zero-order valence-corrected chi connectivity index (χ0v) is 18.8. The van der Waals surface area contributed by atoms with Crippen molar-refractivity contribution in [3.8, 4) is 5.69 Å². The molecule has 3 rings (SSSR count). The van der Waals surface area contributed by atoms with Crippen LogP contribution in [0.5, 0.6) is 0 Å². The number of amides is 1. The Morgan fingerprint density at radius 2 is 1.67 bits per heavy atom. The molecular formula is C20H23N5O3S2. The molecule has 3 aromatic rings. The molecular weight excluding hydrogens is 422 g/mol. The number of hydrogen-bond donors (Lipinski definition) is 1. The first kappa shape index (κ1) is 22.0. The molecule has 0 aliphatic heterocycles. The van der Waals surface area contributed by atoms with Gasteiger partial charge in [-0.15, -0.1) is 10.2 Å². The SMILES string of the molecule is Cc1ccc(-n2c(C)nnc2SCC(=O)Nc2ccc(S(=O)(=O)N(C)C)cc2)cc1. The minimum absolute atomic E-state index is 0.141. The number of sulfonamides is 1. The highest BCUT2D eigenvalue weighted by Gasteiger charge is 2.17. The number of carbonyl (C=O) groups is 1. The quantitative estimate of drug-likeness (QED) is 0.562. The Hall–Kier alpha value is -2.69. The summed E-state index contributed by atoms with van der Waals surface area (Å²) in [5, 5.41) is 11.7. The van der Waals surface area contributed by atoms with Crippen LogP contribution in [-0.2, 0) is 14.8 Å². The number of nitrogens with one attached hydrogen (secondary N) is 1. The van der Waals surface area contributed by atoms with E-state index in [0.717, 1.165) is 21.4 Å². The number of nitrogens with zero attached hydrogens (tertiary/aromatic N) is 4. The molecule has 30 heavy (non-hydrogen) atoms. The van der Waals surface area contributed by atoms with Crippen molar-refractivity contribution in [2.24, 2.45) is 0 Å². The summed E-state index contributed by atoms with van der Waals surface area (Å²) in [6.45, 7) is 3.88. The van der Waals surface area contributed by atoms with Gasteiger partial charge >= 0.3 is 0 Å². The van der Waals surface area contributed by atoms with E-state index < -0.39 is 10.0 Å². The van der Waals surface area contributed by atoms with Crippen molar-refractivity contribution in [1.82, 2.24) is 19.1 Å². The van der Waals surface area contributed by atoms with Gasteiger partial charge in [0.15, 0.2) is 5.16 Å². The lowest BCUT2D eigenvalue weighted by molar-refractivity contribution is -0.113. The zero-order chi connectivity index (χ0) is 21.9. The van der Waals surface area contributed by atoms with Crippen molar-refractivity contribution in [3.05, 3.63) is 59.9 Å². The third kappa shape index (κ3) is 4.89. The molecule has 10 heteroatoms. The van der Waals surface area contributed by atoms with Crippen LogP contribution < -0.4 is 5.32 Å². The third-order valence-corrected chi connectivity index (χ3v) is 7.09. The van der Waals surface area contributed by atoms with Crippen molar-refractivity contribution in [2.45, 2.75) is 23.9 Å². The van der Waals surface area contributed by atoms with Gasteiger partial charge in [0.05, 0.1) is 10.6 Å². The molecule has 158 valence electrons. The predicted octanol–water partition coefficient (Wildman–Crippen LogP) is 2.87. The van der Waals surface area contributed by atoms with E-state index in [2.05, 4.69) is 15.5 Å². The van der Waals surface area contributed by atoms with Crippen LogP contribution in [0, 0.1) is 13.8 Å². The number of anilines is 1. The Bertz CT molecular complexity index is 1140. The molecule has 1 aromatic heterocycles. The zero-order valence-electron chi connectivity index (χ0n) is 17.2. The number of aryl methyl sites for hydroxylation is 2. The lowest BCUT2D eigenvalue weighted by Gasteiger charge is -2.12. The molecule has 1 heterocycles. The molecule has 0 fully saturated rings. The molecule has 0 atom stereocenters. The van der Waals surface area contributed by atoms with Crippen LogP contribution in [0.1, 0.15) is 11.4 Å². The van der Waals surface area contributed by atoms with Crippen molar-refractivity contribution in [2.75, 3.05) is 25.2 Å². The molecule has 0 spiro atoms. The van der Waals surface area contributed by atoms with Gasteiger partial charge in [-0.3, -0.25) is 9.36 Å². The second kappa shape index (κ2) is 8.99. The molecule has 8 nitrogen and oxygen atoms in total. The van der Waals surface area contributed by atoms with Crippen LogP contribution in [-0.4, -0.2) is 53.2 Å². The number of hydrogen-bond acceptors (Lipinski definition) is 6. The summed E-state index contributed by atoms with van der Waals surface area (Å²) in [5.74, 6) is 0.653. The molecule has 0 bridgehead atoms. The van der Waals surface area contributed by atoms with Gasteiger partial charge in [-0.1, -0.05) is 29.5 Å². The summed E-state index contributed by atoms with van der Waals surface area (Å²) in [5.41, 5.74) is 2.61. The fraction of sp³-hybridized carbons (Fsp3) is 0.250. The van der Waals surface area contributed by atoms with Crippen molar-refractivity contribution in [1.29, 1.82) is 0 Å². The van der Waals surface area contributed by atoms with E-state index in [4.69, 9.17) is 0 Å². The van der Waals surface area contributed by atoms with E-state index >= 15 is 0 Å². The minimum atomic E-state index is -3.50. The van der Waals surface area contributed by atoms with Crippen molar-refractivity contribution < 1.29 is 13.2 Å². The van der Waals surface area contributed by atoms with Crippen LogP contribution in [0.4, 0.5) is 5.69 Å². The Balaban J connectivity index is 1.65. The highest BCUT2D eigenvalue weighted by Crippen LogP contribution is 2.23. The van der Waals surface area contributed by atoms with E-state index in [0.29, 0.717) is 10.8 Å². The second-order valence-electron chi connectivity index (χ2n) is 6.85. The Morgan fingerprint density at radius 3 is 2.27 bits per heavy atom. The smallest absolute Gasteiger partial charge is 0.242 e. The molecule has 0 aliphatic rings. The highest BCUT2D eigenvalue weighted by atomic mass is 32.2. The van der Waals surface area contributed by atoms with Crippen LogP contribution in [0.3, 0.4) is 0 Å². The van der Waals surface area contributed by atoms with Gasteiger partial charge in [0.1, 0.15) is 5.82 Å². The molecule has 0 radical (unpaired) electrons. The van der Waals surface area contributed by atoms with Crippen LogP contribution in [0.25, 0.3) is 5.69 Å². The molecule has 0 unspecified atom stereocenters. The largest absolute Gasteiger partial charge is 0.325 e. The lowest BCUT2D eigenvalue weighted by Crippen LogP contribution is -2.22. The fourth-order valence-corrected chi connectivity index (χ4v) is 4.37. The fourth-order valence-electron chi connectivity index (χ4n) is 2.68. The first-order chi connectivity index (χ1) is 14.2. The van der Waals surface area contributed by atoms with Crippen molar-refractivity contribution in [3.63, 3.8) is 0 Å². The molecule has 0 saturated carbocycles. The van der Waals surface area contributed by atoms with Crippen LogP contribution in [0.2, 0.25) is 0 Å². The Kier molecular flexibility index (Phi) is 6.59. The maximum Gasteiger partial charge on any atom is 0.242 e. The van der Waals surface area contributed by atoms with E-state index in [1.807, 2.05) is 42.7 Å². The monoisotopic (exact) mass is 445 g/mol. The molecule has 0 aliphatic carbocycles. The lowest BCUT2D eigenvalue weighted by atomic mass is 10.2. The molecule has 1 amide bonds. The molecule has 0 saturated heterocycles. The first-order valence-corrected chi connectivity index (χ1v) is 11.6. The van der Waals surface area contributed by atoms with Crippen molar-refractivity contribution >= 4 is 33.4 Å². The minimum Gasteiger partial charge on any atom is -0.325 e. The van der Waals surface area contributed by atoms with Gasteiger partial charge in [-0.25, -0.2) is 12.7 Å². The third-order valence-electron chi connectivity index (χ3n) is 4.34. The maximum atomic E-state index is 12.4. The number of benzene rings is 2. The number of carbonyl (C=O) groups excluding carboxylic acids is 1. The van der Waals surface area contributed by atoms with Gasteiger partial charge in [0.2, 0.25) is 15.9 Å². The molecule has 1 N–H and O–H groups in total. The second-order valence-corrected chi connectivity index (χ2v) is 9.94. The topological polar surface area (TPSA) is 97.2 Å². The average Bonchev–Trinajstić information content (AvgIpc) is 3.08. The van der Waals surface area contributed by atoms with E-state index in [9.17, 15) is 13.2 Å². The van der Waals surface area contributed by atoms with Crippen LogP contribution in [0.15, 0.2) is 58.6 Å². The first-order valence-electron chi connectivity index (χ1n) is 9.13. The Morgan fingerprint density at radius 1 is 1.03 bits per heavy atom. The summed E-state index contributed by atoms with van der Waals surface area (Å²) in [4.78, 5) is 12.5. The van der Waals surface area contributed by atoms with Crippen LogP contribution >= 0.6 is 11.8 Å². The summed E-state index contributed by atoms with van der Waals surface area (Å²) in [6, 6.07) is 14.1. The van der Waals surface area contributed by atoms with Gasteiger partial charge in [0.25, 0.3) is 0 Å². The number of rotatable bonds is 7. The summed E-state index contributed by atoms with van der Waals surface area (Å²) >= 11 is 1.28. The summed E-state index contributed by atoms with van der Waals surface area (Å²) < 4.78 is 27.3. The van der Waals surface area contributed by atoms with Gasteiger partial charge in [0, 0.05) is 25.5 Å². The van der Waals surface area contributed by atoms with Gasteiger partial charge in [-0.2, -0.15) is 0 Å². The number of thioether (sulfide) groups is 1. The van der Waals surface area contributed by atoms with E-state index in [1.54, 1.807) is 12.1 Å². The van der Waals surface area contributed by atoms with E-state index in [-0.39, 0.29) is 16.6 Å². The number of aromatic nitrogens is 3. The summed E-state index contributed by atoms with van der Waals surface area (Å²) in [6.07, 6.45) is 0. The predicted molar refractivity (Wildman–Crippen MR) is 118 cm³/mol. The normalized spacial score (nSPS) is 11.6. The average molecular weight is 446 g/mol. The highest BCUT2D eigenvalue weighted by molar-refractivity contribution is 7.99. The maximum absolute atomic E-state index is 12.4. The standard InChI is InChI=1S/C20H23N5O3S2/c1-14-5-9-17(10-6-14)25-15(2)22-23-20(25)29-13-19(26)21-16-7-11-18(12-8-16)30(27,28)24(3)4/h5-12H,13H2,1-4H3,(H,21,26). The molecule has 2 aromatic carbocycles. The van der Waals surface area contributed by atoms with Gasteiger partial charge in [-0.05, 0) is 50.2 Å². The van der Waals surface area contributed by atoms with Gasteiger partial charge < -0.3 is 5.32 Å².